The summed E-state index contributed by atoms with van der Waals surface area (Å²) in [5, 5.41) is 2.47. The number of alkyl halides is 3. The van der Waals surface area contributed by atoms with Crippen LogP contribution < -0.4 is 10.1 Å². The topological polar surface area (TPSA) is 67.9 Å². The Balaban J connectivity index is 1.94. The molecule has 1 aliphatic heterocycles. The Morgan fingerprint density at radius 3 is 2.48 bits per heavy atom. The van der Waals surface area contributed by atoms with Crippen LogP contribution in [-0.4, -0.2) is 43.0 Å². The number of likely N-dealkylation sites (tertiary alicyclic amines) is 1. The highest BCUT2D eigenvalue weighted by Gasteiger charge is 2.33. The monoisotopic (exact) mass is 360 g/mol. The minimum absolute atomic E-state index is 0.0438. The Kier molecular flexibility index (Phi) is 6.11. The molecule has 1 aromatic carbocycles. The number of rotatable bonds is 4. The van der Waals surface area contributed by atoms with Gasteiger partial charge in [0.25, 0.3) is 0 Å². The van der Waals surface area contributed by atoms with Crippen LogP contribution in [0.15, 0.2) is 24.3 Å². The number of anilines is 1. The fourth-order valence-electron chi connectivity index (χ4n) is 2.56. The molecule has 0 saturated carbocycles. The van der Waals surface area contributed by atoms with Crippen molar-refractivity contribution >= 4 is 17.7 Å². The zero-order valence-electron chi connectivity index (χ0n) is 13.6. The molecular weight excluding hydrogens is 341 g/mol. The summed E-state index contributed by atoms with van der Waals surface area (Å²) in [5.74, 6) is -1.27. The number of piperidine rings is 1. The van der Waals surface area contributed by atoms with E-state index in [-0.39, 0.29) is 12.3 Å². The van der Waals surface area contributed by atoms with E-state index >= 15 is 0 Å². The summed E-state index contributed by atoms with van der Waals surface area (Å²) in [4.78, 5) is 25.4. The number of carbonyl (C=O) groups excluding carboxylic acids is 2. The van der Waals surface area contributed by atoms with Gasteiger partial charge in [0.05, 0.1) is 12.3 Å². The van der Waals surface area contributed by atoms with Crippen molar-refractivity contribution in [1.29, 1.82) is 0 Å². The number of hydrogen-bond acceptors (Lipinski definition) is 4. The van der Waals surface area contributed by atoms with E-state index in [0.717, 1.165) is 6.07 Å². The van der Waals surface area contributed by atoms with Crippen molar-refractivity contribution in [2.24, 2.45) is 5.92 Å². The minimum atomic E-state index is -4.84. The molecule has 2 amide bonds. The van der Waals surface area contributed by atoms with E-state index in [4.69, 9.17) is 4.74 Å². The second kappa shape index (κ2) is 8.09. The standard InChI is InChI=1S/C16H19F3N2O4/c1-2-24-15(23)21-9-7-11(8-10-21)14(22)20-12-5-3-4-6-13(12)25-16(17,18)19/h3-6,11H,2,7-10H2,1H3,(H,20,22). The molecule has 0 unspecified atom stereocenters. The van der Waals surface area contributed by atoms with Gasteiger partial charge in [0.2, 0.25) is 5.91 Å². The number of benzene rings is 1. The van der Waals surface area contributed by atoms with Gasteiger partial charge in [-0.3, -0.25) is 4.79 Å². The number of carbonyl (C=O) groups is 2. The lowest BCUT2D eigenvalue weighted by Crippen LogP contribution is -2.41. The first-order valence-electron chi connectivity index (χ1n) is 7.87. The lowest BCUT2D eigenvalue weighted by molar-refractivity contribution is -0.274. The van der Waals surface area contributed by atoms with Gasteiger partial charge >= 0.3 is 12.5 Å². The Morgan fingerprint density at radius 1 is 1.24 bits per heavy atom. The van der Waals surface area contributed by atoms with Crippen LogP contribution in [0.5, 0.6) is 5.75 Å². The van der Waals surface area contributed by atoms with Crippen molar-refractivity contribution < 1.29 is 32.2 Å². The van der Waals surface area contributed by atoms with Crippen molar-refractivity contribution in [2.45, 2.75) is 26.1 Å². The van der Waals surface area contributed by atoms with Gasteiger partial charge in [-0.2, -0.15) is 0 Å². The van der Waals surface area contributed by atoms with E-state index in [1.165, 1.54) is 23.1 Å². The van der Waals surface area contributed by atoms with Crippen LogP contribution in [0.25, 0.3) is 0 Å². The fourth-order valence-corrected chi connectivity index (χ4v) is 2.56. The van der Waals surface area contributed by atoms with Gasteiger partial charge in [-0.25, -0.2) is 4.79 Å². The Labute approximate surface area is 142 Å². The van der Waals surface area contributed by atoms with Gasteiger partial charge in [-0.1, -0.05) is 12.1 Å². The summed E-state index contributed by atoms with van der Waals surface area (Å²) in [6, 6.07) is 5.36. The van der Waals surface area contributed by atoms with Crippen LogP contribution in [0.2, 0.25) is 0 Å². The second-order valence-electron chi connectivity index (χ2n) is 5.49. The van der Waals surface area contributed by atoms with E-state index in [0.29, 0.717) is 25.9 Å². The molecule has 1 heterocycles. The largest absolute Gasteiger partial charge is 0.573 e. The highest BCUT2D eigenvalue weighted by Crippen LogP contribution is 2.31. The van der Waals surface area contributed by atoms with Gasteiger partial charge < -0.3 is 19.7 Å². The van der Waals surface area contributed by atoms with E-state index in [1.54, 1.807) is 6.92 Å². The number of nitrogens with one attached hydrogen (secondary N) is 1. The Hall–Kier alpha value is -2.45. The van der Waals surface area contributed by atoms with E-state index < -0.39 is 30.0 Å². The molecule has 9 heteroatoms. The van der Waals surface area contributed by atoms with Crippen LogP contribution in [0.1, 0.15) is 19.8 Å². The van der Waals surface area contributed by atoms with Crippen LogP contribution in [-0.2, 0) is 9.53 Å². The molecule has 1 fully saturated rings. The van der Waals surface area contributed by atoms with E-state index in [2.05, 4.69) is 10.1 Å². The quantitative estimate of drug-likeness (QED) is 0.894. The zero-order chi connectivity index (χ0) is 18.4. The maximum atomic E-state index is 12.4. The van der Waals surface area contributed by atoms with Crippen molar-refractivity contribution in [3.05, 3.63) is 24.3 Å². The molecule has 0 atom stereocenters. The number of amides is 2. The predicted octanol–water partition coefficient (Wildman–Crippen LogP) is 3.39. The Bertz CT molecular complexity index is 614. The smallest absolute Gasteiger partial charge is 0.450 e. The summed E-state index contributed by atoms with van der Waals surface area (Å²) in [6.07, 6.45) is -4.45. The molecule has 138 valence electrons. The average molecular weight is 360 g/mol. The molecular formula is C16H19F3N2O4. The summed E-state index contributed by atoms with van der Waals surface area (Å²) >= 11 is 0. The molecule has 1 saturated heterocycles. The molecule has 1 N–H and O–H groups in total. The number of ether oxygens (including phenoxy) is 2. The molecule has 1 aromatic rings. The normalized spacial score (nSPS) is 15.6. The van der Waals surface area contributed by atoms with E-state index in [1.807, 2.05) is 0 Å². The van der Waals surface area contributed by atoms with Crippen molar-refractivity contribution in [2.75, 3.05) is 25.0 Å². The zero-order valence-corrected chi connectivity index (χ0v) is 13.6. The molecule has 0 aromatic heterocycles. The predicted molar refractivity (Wildman–Crippen MR) is 83.1 cm³/mol. The number of nitrogens with zero attached hydrogens (tertiary/aromatic N) is 1. The first kappa shape index (κ1) is 18.9. The lowest BCUT2D eigenvalue weighted by Gasteiger charge is -2.30. The van der Waals surface area contributed by atoms with Gasteiger partial charge in [0, 0.05) is 19.0 Å². The number of para-hydroxylation sites is 2. The van der Waals surface area contributed by atoms with Crippen molar-refractivity contribution in [1.82, 2.24) is 4.90 Å². The SMILES string of the molecule is CCOC(=O)N1CCC(C(=O)Nc2ccccc2OC(F)(F)F)CC1. The molecule has 25 heavy (non-hydrogen) atoms. The van der Waals surface area contributed by atoms with Crippen LogP contribution in [0.3, 0.4) is 0 Å². The van der Waals surface area contributed by atoms with Crippen LogP contribution in [0.4, 0.5) is 23.7 Å². The average Bonchev–Trinajstić information content (AvgIpc) is 2.55. The second-order valence-corrected chi connectivity index (χ2v) is 5.49. The molecule has 0 bridgehead atoms. The third kappa shape index (κ3) is 5.54. The van der Waals surface area contributed by atoms with Gasteiger partial charge in [0.1, 0.15) is 0 Å². The van der Waals surface area contributed by atoms with Gasteiger partial charge in [-0.05, 0) is 31.9 Å². The maximum Gasteiger partial charge on any atom is 0.573 e. The molecule has 0 spiro atoms. The van der Waals surface area contributed by atoms with Crippen LogP contribution >= 0.6 is 0 Å². The molecule has 1 aliphatic rings. The summed E-state index contributed by atoms with van der Waals surface area (Å²) in [6.45, 7) is 2.70. The summed E-state index contributed by atoms with van der Waals surface area (Å²) < 4.78 is 46.0. The maximum absolute atomic E-state index is 12.4. The molecule has 0 aliphatic carbocycles. The molecule has 6 nitrogen and oxygen atoms in total. The number of hydrogen-bond donors (Lipinski definition) is 1. The molecule has 0 radical (unpaired) electrons. The number of halogens is 3. The van der Waals surface area contributed by atoms with Crippen molar-refractivity contribution in [3.8, 4) is 5.75 Å². The molecule has 2 rings (SSSR count). The summed E-state index contributed by atoms with van der Waals surface area (Å²) in [7, 11) is 0. The van der Waals surface area contributed by atoms with Crippen molar-refractivity contribution in [3.63, 3.8) is 0 Å². The van der Waals surface area contributed by atoms with Gasteiger partial charge in [0.15, 0.2) is 5.75 Å². The third-order valence-corrected chi connectivity index (χ3v) is 3.76. The summed E-state index contributed by atoms with van der Waals surface area (Å²) in [5.41, 5.74) is -0.0438. The first-order valence-corrected chi connectivity index (χ1v) is 7.87. The van der Waals surface area contributed by atoms with Crippen LogP contribution in [0, 0.1) is 5.92 Å². The van der Waals surface area contributed by atoms with Gasteiger partial charge in [-0.15, -0.1) is 13.2 Å². The first-order chi connectivity index (χ1) is 11.8. The lowest BCUT2D eigenvalue weighted by atomic mass is 9.96. The van der Waals surface area contributed by atoms with E-state index in [9.17, 15) is 22.8 Å². The third-order valence-electron chi connectivity index (χ3n) is 3.76. The fraction of sp³-hybridized carbons (Fsp3) is 0.500. The highest BCUT2D eigenvalue weighted by molar-refractivity contribution is 5.94. The highest BCUT2D eigenvalue weighted by atomic mass is 19.4. The minimum Gasteiger partial charge on any atom is -0.450 e. The Morgan fingerprint density at radius 2 is 1.88 bits per heavy atom.